The van der Waals surface area contributed by atoms with Crippen molar-refractivity contribution in [2.24, 2.45) is 0 Å². The molecule has 0 aliphatic carbocycles. The Labute approximate surface area is 189 Å². The molecule has 1 saturated heterocycles. The molecule has 4 rings (SSSR count). The van der Waals surface area contributed by atoms with E-state index in [1.165, 1.54) is 19.3 Å². The van der Waals surface area contributed by atoms with Gasteiger partial charge in [0, 0.05) is 24.2 Å². The number of nitrogens with zero attached hydrogens (tertiary/aromatic N) is 4. The van der Waals surface area contributed by atoms with Crippen LogP contribution in [0.2, 0.25) is 5.15 Å². The Morgan fingerprint density at radius 2 is 1.84 bits per heavy atom. The number of benzene rings is 1. The van der Waals surface area contributed by atoms with E-state index >= 15 is 0 Å². The zero-order valence-electron chi connectivity index (χ0n) is 17.5. The molecule has 2 atom stereocenters. The van der Waals surface area contributed by atoms with Crippen LogP contribution in [0.1, 0.15) is 37.2 Å². The molecule has 1 N–H and O–H groups in total. The van der Waals surface area contributed by atoms with E-state index in [9.17, 15) is 17.2 Å². The van der Waals surface area contributed by atoms with Crippen LogP contribution in [0.5, 0.6) is 0 Å². The smallest absolute Gasteiger partial charge is 0.166 e. The van der Waals surface area contributed by atoms with Gasteiger partial charge in [0.15, 0.2) is 20.6 Å². The highest BCUT2D eigenvalue weighted by atomic mass is 35.5. The standard InChI is InChI=1S/C21H22ClF2N5O2S/c1-12(23)14-4-3-5-15(18(14)24)13(2)27-20-16-10-17(19(22)28-21(16)26-11-25-20)29-6-8-32(30,31)9-7-29/h3-5,10-13H,6-9H2,1-2H3,(H,25,26,27,28)/t12?,13-/m1/s1. The SMILES string of the molecule is CC(F)c1cccc([C@@H](C)Nc2ncnc3nc(Cl)c(N4CCS(=O)(=O)CC4)cc23)c1F. The van der Waals surface area contributed by atoms with Crippen molar-refractivity contribution in [2.75, 3.05) is 34.8 Å². The summed E-state index contributed by atoms with van der Waals surface area (Å²) in [6.07, 6.45) is -0.103. The zero-order chi connectivity index (χ0) is 23.0. The Kier molecular flexibility index (Phi) is 6.17. The van der Waals surface area contributed by atoms with E-state index in [1.54, 1.807) is 25.1 Å². The predicted octanol–water partition coefficient (Wildman–Crippen LogP) is 4.26. The van der Waals surface area contributed by atoms with Crippen LogP contribution < -0.4 is 10.2 Å². The maximum absolute atomic E-state index is 14.8. The van der Waals surface area contributed by atoms with Gasteiger partial charge in [-0.2, -0.15) is 0 Å². The number of halogens is 3. The molecule has 0 amide bonds. The Bertz CT molecular complexity index is 1260. The largest absolute Gasteiger partial charge is 0.367 e. The molecule has 2 aromatic heterocycles. The summed E-state index contributed by atoms with van der Waals surface area (Å²) in [6, 6.07) is 5.87. The third-order valence-electron chi connectivity index (χ3n) is 5.55. The van der Waals surface area contributed by atoms with Crippen molar-refractivity contribution in [3.8, 4) is 0 Å². The predicted molar refractivity (Wildman–Crippen MR) is 121 cm³/mol. The average molecular weight is 482 g/mol. The summed E-state index contributed by atoms with van der Waals surface area (Å²) in [6.45, 7) is 3.66. The molecule has 1 fully saturated rings. The van der Waals surface area contributed by atoms with Crippen molar-refractivity contribution >= 4 is 44.0 Å². The second-order valence-electron chi connectivity index (χ2n) is 7.76. The summed E-state index contributed by atoms with van der Waals surface area (Å²) in [5.41, 5.74) is 1.24. The van der Waals surface area contributed by atoms with Gasteiger partial charge in [0.2, 0.25) is 0 Å². The molecule has 0 saturated carbocycles. The van der Waals surface area contributed by atoms with Crippen molar-refractivity contribution in [1.29, 1.82) is 0 Å². The molecule has 170 valence electrons. The highest BCUT2D eigenvalue weighted by Crippen LogP contribution is 2.33. The highest BCUT2D eigenvalue weighted by molar-refractivity contribution is 7.91. The average Bonchev–Trinajstić information content (AvgIpc) is 2.73. The van der Waals surface area contributed by atoms with Gasteiger partial charge in [0.25, 0.3) is 0 Å². The molecular formula is C21H22ClF2N5O2S. The van der Waals surface area contributed by atoms with Gasteiger partial charge in [0.1, 0.15) is 24.1 Å². The fourth-order valence-corrected chi connectivity index (χ4v) is 5.19. The zero-order valence-corrected chi connectivity index (χ0v) is 19.1. The van der Waals surface area contributed by atoms with Crippen molar-refractivity contribution < 1.29 is 17.2 Å². The van der Waals surface area contributed by atoms with E-state index in [0.29, 0.717) is 41.2 Å². The van der Waals surface area contributed by atoms with Gasteiger partial charge in [-0.3, -0.25) is 0 Å². The lowest BCUT2D eigenvalue weighted by atomic mass is 10.0. The van der Waals surface area contributed by atoms with Gasteiger partial charge in [-0.05, 0) is 19.9 Å². The molecule has 0 radical (unpaired) electrons. The van der Waals surface area contributed by atoms with Crippen LogP contribution in [-0.2, 0) is 9.84 Å². The number of alkyl halides is 1. The van der Waals surface area contributed by atoms with Crippen LogP contribution in [0.25, 0.3) is 11.0 Å². The number of nitrogens with one attached hydrogen (secondary N) is 1. The van der Waals surface area contributed by atoms with Gasteiger partial charge in [-0.25, -0.2) is 32.2 Å². The first-order valence-electron chi connectivity index (χ1n) is 10.1. The van der Waals surface area contributed by atoms with E-state index in [-0.39, 0.29) is 22.2 Å². The molecular weight excluding hydrogens is 460 g/mol. The van der Waals surface area contributed by atoms with Gasteiger partial charge in [-0.15, -0.1) is 0 Å². The molecule has 0 spiro atoms. The number of fused-ring (bicyclic) bond motifs is 1. The highest BCUT2D eigenvalue weighted by Gasteiger charge is 2.25. The monoisotopic (exact) mass is 481 g/mol. The maximum atomic E-state index is 14.8. The topological polar surface area (TPSA) is 88.1 Å². The number of hydrogen-bond acceptors (Lipinski definition) is 7. The number of hydrogen-bond donors (Lipinski definition) is 1. The Hall–Kier alpha value is -2.59. The number of sulfone groups is 1. The van der Waals surface area contributed by atoms with E-state index in [1.807, 2.05) is 4.90 Å². The number of aromatic nitrogens is 3. The molecule has 1 unspecified atom stereocenters. The summed E-state index contributed by atoms with van der Waals surface area (Å²) >= 11 is 6.36. The molecule has 1 aromatic carbocycles. The number of pyridine rings is 1. The third-order valence-corrected chi connectivity index (χ3v) is 7.44. The summed E-state index contributed by atoms with van der Waals surface area (Å²) in [7, 11) is -3.05. The first kappa shape index (κ1) is 22.6. The van der Waals surface area contributed by atoms with Crippen LogP contribution in [0, 0.1) is 5.82 Å². The summed E-state index contributed by atoms with van der Waals surface area (Å²) < 4.78 is 52.1. The Morgan fingerprint density at radius 3 is 2.53 bits per heavy atom. The van der Waals surface area contributed by atoms with Crippen LogP contribution in [0.3, 0.4) is 0 Å². The summed E-state index contributed by atoms with van der Waals surface area (Å²) in [5.74, 6) is -0.109. The Morgan fingerprint density at radius 1 is 1.16 bits per heavy atom. The fraction of sp³-hybridized carbons (Fsp3) is 0.381. The second-order valence-corrected chi connectivity index (χ2v) is 10.4. The minimum Gasteiger partial charge on any atom is -0.367 e. The molecule has 32 heavy (non-hydrogen) atoms. The first-order chi connectivity index (χ1) is 15.2. The van der Waals surface area contributed by atoms with E-state index in [0.717, 1.165) is 0 Å². The quantitative estimate of drug-likeness (QED) is 0.545. The number of rotatable bonds is 5. The lowest BCUT2D eigenvalue weighted by molar-refractivity contribution is 0.360. The molecule has 1 aliphatic rings. The maximum Gasteiger partial charge on any atom is 0.166 e. The minimum absolute atomic E-state index is 0.000480. The van der Waals surface area contributed by atoms with Gasteiger partial charge in [-0.1, -0.05) is 29.8 Å². The van der Waals surface area contributed by atoms with Crippen molar-refractivity contribution in [3.63, 3.8) is 0 Å². The van der Waals surface area contributed by atoms with Gasteiger partial charge < -0.3 is 10.2 Å². The number of anilines is 2. The van der Waals surface area contributed by atoms with Crippen LogP contribution in [-0.4, -0.2) is 48.0 Å². The lowest BCUT2D eigenvalue weighted by Gasteiger charge is -2.29. The summed E-state index contributed by atoms with van der Waals surface area (Å²) in [5, 5.41) is 3.93. The normalized spacial score (nSPS) is 17.8. The van der Waals surface area contributed by atoms with Crippen LogP contribution >= 0.6 is 11.6 Å². The molecule has 11 heteroatoms. The minimum atomic E-state index is -3.05. The molecule has 1 aliphatic heterocycles. The van der Waals surface area contributed by atoms with Crippen molar-refractivity contribution in [2.45, 2.75) is 26.1 Å². The van der Waals surface area contributed by atoms with E-state index < -0.39 is 27.9 Å². The molecule has 0 bridgehead atoms. The molecule has 3 aromatic rings. The van der Waals surface area contributed by atoms with E-state index in [2.05, 4.69) is 20.3 Å². The summed E-state index contributed by atoms with van der Waals surface area (Å²) in [4.78, 5) is 14.6. The van der Waals surface area contributed by atoms with Crippen molar-refractivity contribution in [1.82, 2.24) is 15.0 Å². The van der Waals surface area contributed by atoms with E-state index in [4.69, 9.17) is 11.6 Å². The first-order valence-corrected chi connectivity index (χ1v) is 12.3. The fourth-order valence-electron chi connectivity index (χ4n) is 3.74. The van der Waals surface area contributed by atoms with Crippen molar-refractivity contribution in [3.05, 3.63) is 52.7 Å². The second kappa shape index (κ2) is 8.74. The third kappa shape index (κ3) is 4.47. The molecule has 7 nitrogen and oxygen atoms in total. The lowest BCUT2D eigenvalue weighted by Crippen LogP contribution is -2.40. The van der Waals surface area contributed by atoms with Crippen LogP contribution in [0.15, 0.2) is 30.6 Å². The Balaban J connectivity index is 1.69. The van der Waals surface area contributed by atoms with Crippen LogP contribution in [0.4, 0.5) is 20.3 Å². The van der Waals surface area contributed by atoms with Gasteiger partial charge in [0.05, 0.1) is 28.6 Å². The van der Waals surface area contributed by atoms with Gasteiger partial charge >= 0.3 is 0 Å². The molecule has 3 heterocycles.